The zero-order valence-electron chi connectivity index (χ0n) is 12.2. The summed E-state index contributed by atoms with van der Waals surface area (Å²) in [7, 11) is 0. The largest absolute Gasteiger partial charge is 0.503 e. The standard InChI is InChI=1S/C15H18F2N2O2/c1-8(14-9(2)19-21-10(14)3)6-18-7-11-4-12(16)15(20)13(17)5-11/h4-5,8,18,20H,6-7H2,1-3H3/t8-/m0/s1. The molecule has 0 spiro atoms. The molecule has 2 rings (SSSR count). The molecule has 0 unspecified atom stereocenters. The lowest BCUT2D eigenvalue weighted by Crippen LogP contribution is -2.20. The molecule has 2 N–H and O–H groups in total. The van der Waals surface area contributed by atoms with Crippen molar-refractivity contribution in [3.8, 4) is 5.75 Å². The summed E-state index contributed by atoms with van der Waals surface area (Å²) >= 11 is 0. The number of nitrogens with one attached hydrogen (secondary N) is 1. The average molecular weight is 296 g/mol. The van der Waals surface area contributed by atoms with E-state index in [0.29, 0.717) is 18.7 Å². The maximum Gasteiger partial charge on any atom is 0.187 e. The van der Waals surface area contributed by atoms with Crippen LogP contribution in [-0.4, -0.2) is 16.8 Å². The van der Waals surface area contributed by atoms with Crippen LogP contribution in [0.4, 0.5) is 8.78 Å². The van der Waals surface area contributed by atoms with Gasteiger partial charge >= 0.3 is 0 Å². The van der Waals surface area contributed by atoms with Gasteiger partial charge in [0.1, 0.15) is 5.76 Å². The van der Waals surface area contributed by atoms with E-state index < -0.39 is 17.4 Å². The zero-order valence-corrected chi connectivity index (χ0v) is 12.2. The van der Waals surface area contributed by atoms with E-state index in [0.717, 1.165) is 29.2 Å². The number of halogens is 2. The van der Waals surface area contributed by atoms with Crippen LogP contribution in [0.3, 0.4) is 0 Å². The molecular formula is C15H18F2N2O2. The molecule has 0 saturated carbocycles. The fourth-order valence-corrected chi connectivity index (χ4v) is 2.45. The zero-order chi connectivity index (χ0) is 15.6. The second-order valence-electron chi connectivity index (χ2n) is 5.18. The van der Waals surface area contributed by atoms with Crippen LogP contribution in [0.2, 0.25) is 0 Å². The minimum atomic E-state index is -0.953. The van der Waals surface area contributed by atoms with Crippen molar-refractivity contribution in [3.63, 3.8) is 0 Å². The van der Waals surface area contributed by atoms with Gasteiger partial charge in [-0.1, -0.05) is 12.1 Å². The topological polar surface area (TPSA) is 58.3 Å². The van der Waals surface area contributed by atoms with Crippen LogP contribution in [0.5, 0.6) is 5.75 Å². The van der Waals surface area contributed by atoms with Crippen molar-refractivity contribution in [1.29, 1.82) is 0 Å². The van der Waals surface area contributed by atoms with Crippen molar-refractivity contribution < 1.29 is 18.4 Å². The fourth-order valence-electron chi connectivity index (χ4n) is 2.45. The molecule has 1 heterocycles. The quantitative estimate of drug-likeness (QED) is 0.890. The number of aryl methyl sites for hydroxylation is 2. The van der Waals surface area contributed by atoms with Gasteiger partial charge < -0.3 is 14.9 Å². The van der Waals surface area contributed by atoms with Gasteiger partial charge in [-0.15, -0.1) is 0 Å². The van der Waals surface area contributed by atoms with Crippen LogP contribution in [0.25, 0.3) is 0 Å². The van der Waals surface area contributed by atoms with E-state index in [9.17, 15) is 8.78 Å². The monoisotopic (exact) mass is 296 g/mol. The first kappa shape index (κ1) is 15.4. The molecule has 0 aliphatic carbocycles. The van der Waals surface area contributed by atoms with Crippen LogP contribution >= 0.6 is 0 Å². The number of rotatable bonds is 5. The van der Waals surface area contributed by atoms with Crippen LogP contribution in [0, 0.1) is 25.5 Å². The summed E-state index contributed by atoms with van der Waals surface area (Å²) in [5.74, 6) is -1.90. The number of benzene rings is 1. The molecule has 4 nitrogen and oxygen atoms in total. The Morgan fingerprint density at radius 2 is 1.90 bits per heavy atom. The Balaban J connectivity index is 1.96. The molecule has 0 radical (unpaired) electrons. The number of phenolic OH excluding ortho intramolecular Hbond substituents is 1. The highest BCUT2D eigenvalue weighted by molar-refractivity contribution is 5.30. The van der Waals surface area contributed by atoms with Crippen molar-refractivity contribution in [2.45, 2.75) is 33.2 Å². The summed E-state index contributed by atoms with van der Waals surface area (Å²) in [5.41, 5.74) is 2.34. The maximum absolute atomic E-state index is 13.2. The molecule has 0 fully saturated rings. The minimum absolute atomic E-state index is 0.169. The first-order valence-corrected chi connectivity index (χ1v) is 6.70. The molecule has 21 heavy (non-hydrogen) atoms. The van der Waals surface area contributed by atoms with E-state index in [1.807, 2.05) is 20.8 Å². The van der Waals surface area contributed by atoms with Crippen molar-refractivity contribution in [2.75, 3.05) is 6.54 Å². The SMILES string of the molecule is Cc1noc(C)c1[C@@H](C)CNCc1cc(F)c(O)c(F)c1. The summed E-state index contributed by atoms with van der Waals surface area (Å²) in [5, 5.41) is 16.1. The molecule has 2 aromatic rings. The second-order valence-corrected chi connectivity index (χ2v) is 5.18. The third-order valence-corrected chi connectivity index (χ3v) is 3.44. The normalized spacial score (nSPS) is 12.6. The van der Waals surface area contributed by atoms with E-state index in [4.69, 9.17) is 9.63 Å². The van der Waals surface area contributed by atoms with Crippen molar-refractivity contribution >= 4 is 0 Å². The lowest BCUT2D eigenvalue weighted by molar-refractivity contribution is 0.391. The van der Waals surface area contributed by atoms with Crippen LogP contribution < -0.4 is 5.32 Å². The molecule has 0 bridgehead atoms. The maximum atomic E-state index is 13.2. The third-order valence-electron chi connectivity index (χ3n) is 3.44. The average Bonchev–Trinajstić information content (AvgIpc) is 2.75. The van der Waals surface area contributed by atoms with Crippen LogP contribution in [0.1, 0.15) is 35.4 Å². The minimum Gasteiger partial charge on any atom is -0.503 e. The number of hydrogen-bond donors (Lipinski definition) is 2. The molecule has 0 saturated heterocycles. The number of nitrogens with zero attached hydrogens (tertiary/aromatic N) is 1. The first-order valence-electron chi connectivity index (χ1n) is 6.70. The summed E-state index contributed by atoms with van der Waals surface area (Å²) in [6, 6.07) is 2.23. The number of phenols is 1. The summed E-state index contributed by atoms with van der Waals surface area (Å²) in [6.45, 7) is 6.69. The molecule has 0 amide bonds. The Kier molecular flexibility index (Phi) is 4.57. The van der Waals surface area contributed by atoms with Gasteiger partial charge in [-0.25, -0.2) is 8.78 Å². The Hall–Kier alpha value is -1.95. The van der Waals surface area contributed by atoms with Gasteiger partial charge in [-0.05, 0) is 37.5 Å². The van der Waals surface area contributed by atoms with E-state index in [-0.39, 0.29) is 5.92 Å². The molecule has 6 heteroatoms. The van der Waals surface area contributed by atoms with Crippen LogP contribution in [0.15, 0.2) is 16.7 Å². The Labute approximate surface area is 121 Å². The molecule has 1 aromatic carbocycles. The lowest BCUT2D eigenvalue weighted by atomic mass is 9.99. The van der Waals surface area contributed by atoms with E-state index >= 15 is 0 Å². The van der Waals surface area contributed by atoms with Crippen molar-refractivity contribution in [3.05, 3.63) is 46.3 Å². The second kappa shape index (κ2) is 6.22. The van der Waals surface area contributed by atoms with E-state index in [1.54, 1.807) is 0 Å². The molecular weight excluding hydrogens is 278 g/mol. The van der Waals surface area contributed by atoms with Gasteiger partial charge in [0.25, 0.3) is 0 Å². The number of aromatic hydroxyl groups is 1. The highest BCUT2D eigenvalue weighted by Gasteiger charge is 2.16. The van der Waals surface area contributed by atoms with Gasteiger partial charge in [0, 0.05) is 18.7 Å². The first-order chi connectivity index (χ1) is 9.90. The third kappa shape index (κ3) is 3.39. The number of aromatic nitrogens is 1. The fraction of sp³-hybridized carbons (Fsp3) is 0.400. The van der Waals surface area contributed by atoms with Gasteiger partial charge in [-0.2, -0.15) is 0 Å². The van der Waals surface area contributed by atoms with Crippen molar-refractivity contribution in [2.24, 2.45) is 0 Å². The Morgan fingerprint density at radius 3 is 2.43 bits per heavy atom. The van der Waals surface area contributed by atoms with E-state index in [2.05, 4.69) is 10.5 Å². The van der Waals surface area contributed by atoms with Gasteiger partial charge in [-0.3, -0.25) is 0 Å². The van der Waals surface area contributed by atoms with Gasteiger partial charge in [0.05, 0.1) is 5.69 Å². The molecule has 1 aromatic heterocycles. The molecule has 1 atom stereocenters. The molecule has 0 aliphatic rings. The highest BCUT2D eigenvalue weighted by Crippen LogP contribution is 2.23. The molecule has 0 aliphatic heterocycles. The van der Waals surface area contributed by atoms with Crippen molar-refractivity contribution in [1.82, 2.24) is 10.5 Å². The Morgan fingerprint density at radius 1 is 1.29 bits per heavy atom. The predicted octanol–water partition coefficient (Wildman–Crippen LogP) is 3.17. The van der Waals surface area contributed by atoms with Crippen LogP contribution in [-0.2, 0) is 6.54 Å². The predicted molar refractivity (Wildman–Crippen MR) is 74.1 cm³/mol. The summed E-state index contributed by atoms with van der Waals surface area (Å²) in [4.78, 5) is 0. The van der Waals surface area contributed by atoms with Gasteiger partial charge in [0.2, 0.25) is 0 Å². The van der Waals surface area contributed by atoms with E-state index in [1.165, 1.54) is 0 Å². The number of hydrogen-bond acceptors (Lipinski definition) is 4. The summed E-state index contributed by atoms with van der Waals surface area (Å²) in [6.07, 6.45) is 0. The highest BCUT2D eigenvalue weighted by atomic mass is 19.1. The summed E-state index contributed by atoms with van der Waals surface area (Å²) < 4.78 is 31.6. The van der Waals surface area contributed by atoms with Gasteiger partial charge in [0.15, 0.2) is 17.4 Å². The molecule has 114 valence electrons. The lowest BCUT2D eigenvalue weighted by Gasteiger charge is -2.13. The smallest absolute Gasteiger partial charge is 0.187 e. The Bertz CT molecular complexity index is 598.